The minimum atomic E-state index is -1.21. The molecule has 0 saturated carbocycles. The third kappa shape index (κ3) is 4.63. The van der Waals surface area contributed by atoms with E-state index in [2.05, 4.69) is 20.8 Å². The van der Waals surface area contributed by atoms with Gasteiger partial charge in [-0.2, -0.15) is 0 Å². The predicted octanol–water partition coefficient (Wildman–Crippen LogP) is -0.861. The summed E-state index contributed by atoms with van der Waals surface area (Å²) in [6, 6.07) is 4.71. The Kier molecular flexibility index (Phi) is 6.86. The molecule has 2 aromatic rings. The van der Waals surface area contributed by atoms with Gasteiger partial charge < -0.3 is 26.8 Å². The van der Waals surface area contributed by atoms with Gasteiger partial charge in [-0.1, -0.05) is 11.8 Å². The standard InChI is InChI=1S/C19H23N9O5S2/c1-26-18(23-24-25-26)35-9-19(16(31)32)7-27-14(30)13(15(27)34-8-19)28(12(29)6-20)11-4-2-10(3-5-11)22-17(21)33/h2-5,13,15H,6-9,20H2,1H3,(H,31,32)(H3,21,22,33)/t13?,15-,19?/m1/s1. The van der Waals surface area contributed by atoms with Crippen LogP contribution >= 0.6 is 23.5 Å². The number of fused-ring (bicyclic) bond motifs is 1. The Hall–Kier alpha value is -3.37. The lowest BCUT2D eigenvalue weighted by molar-refractivity contribution is -0.156. The Labute approximate surface area is 207 Å². The van der Waals surface area contributed by atoms with Crippen molar-refractivity contribution in [2.75, 3.05) is 34.8 Å². The normalized spacial score (nSPS) is 23.3. The highest BCUT2D eigenvalue weighted by Crippen LogP contribution is 2.46. The molecule has 2 fully saturated rings. The van der Waals surface area contributed by atoms with E-state index in [4.69, 9.17) is 11.5 Å². The number of nitrogens with zero attached hydrogens (tertiary/aromatic N) is 6. The SMILES string of the molecule is Cn1nnnc1SCC1(C(=O)O)CS[C@@H]2C(N(C(=O)CN)c3ccc(NC(N)=O)cc3)C(=O)N2C1. The summed E-state index contributed by atoms with van der Waals surface area (Å²) in [5.41, 5.74) is 10.4. The number of benzene rings is 1. The number of nitrogens with one attached hydrogen (secondary N) is 1. The summed E-state index contributed by atoms with van der Waals surface area (Å²) >= 11 is 2.52. The number of carboxylic acid groups (broad SMARTS) is 1. The quantitative estimate of drug-likeness (QED) is 0.248. The topological polar surface area (TPSA) is 203 Å². The van der Waals surface area contributed by atoms with Gasteiger partial charge in [0.05, 0.1) is 6.54 Å². The highest BCUT2D eigenvalue weighted by Gasteiger charge is 2.59. The minimum absolute atomic E-state index is 0.000260. The second-order valence-electron chi connectivity index (χ2n) is 8.08. The first-order chi connectivity index (χ1) is 16.7. The second-order valence-corrected chi connectivity index (χ2v) is 10.1. The highest BCUT2D eigenvalue weighted by atomic mass is 32.2. The van der Waals surface area contributed by atoms with E-state index in [1.165, 1.54) is 38.0 Å². The number of thioether (sulfide) groups is 2. The summed E-state index contributed by atoms with van der Waals surface area (Å²) in [7, 11) is 1.66. The Balaban J connectivity index is 1.52. The number of aliphatic carboxylic acids is 1. The summed E-state index contributed by atoms with van der Waals surface area (Å²) in [6.07, 6.45) is 0. The lowest BCUT2D eigenvalue weighted by Crippen LogP contribution is -2.75. The third-order valence-corrected chi connectivity index (χ3v) is 8.64. The maximum absolute atomic E-state index is 13.2. The first-order valence-corrected chi connectivity index (χ1v) is 12.4. The molecule has 2 aliphatic rings. The van der Waals surface area contributed by atoms with E-state index in [0.29, 0.717) is 16.5 Å². The Bertz CT molecular complexity index is 1160. The van der Waals surface area contributed by atoms with E-state index in [9.17, 15) is 24.3 Å². The van der Waals surface area contributed by atoms with Gasteiger partial charge in [-0.25, -0.2) is 9.48 Å². The zero-order valence-corrected chi connectivity index (χ0v) is 20.2. The number of nitrogens with two attached hydrogens (primary N) is 2. The molecule has 35 heavy (non-hydrogen) atoms. The van der Waals surface area contributed by atoms with Crippen LogP contribution in [-0.2, 0) is 21.4 Å². The summed E-state index contributed by atoms with van der Waals surface area (Å²) in [4.78, 5) is 52.1. The lowest BCUT2D eigenvalue weighted by Gasteiger charge is -2.56. The van der Waals surface area contributed by atoms with Crippen molar-refractivity contribution in [3.05, 3.63) is 24.3 Å². The number of hydrogen-bond donors (Lipinski definition) is 4. The van der Waals surface area contributed by atoms with Gasteiger partial charge in [0, 0.05) is 36.5 Å². The van der Waals surface area contributed by atoms with Gasteiger partial charge in [-0.05, 0) is 34.7 Å². The molecular formula is C19H23N9O5S2. The lowest BCUT2D eigenvalue weighted by atomic mass is 9.89. The number of carbonyl (C=O) groups is 4. The van der Waals surface area contributed by atoms with Crippen LogP contribution in [-0.4, -0.2) is 90.0 Å². The van der Waals surface area contributed by atoms with Crippen LogP contribution in [0.3, 0.4) is 0 Å². The van der Waals surface area contributed by atoms with Gasteiger partial charge in [0.2, 0.25) is 17.0 Å². The maximum Gasteiger partial charge on any atom is 0.316 e. The van der Waals surface area contributed by atoms with Crippen molar-refractivity contribution in [2.24, 2.45) is 23.9 Å². The first kappa shape index (κ1) is 24.7. The monoisotopic (exact) mass is 521 g/mol. The Morgan fingerprint density at radius 3 is 2.63 bits per heavy atom. The van der Waals surface area contributed by atoms with Crippen molar-refractivity contribution >= 4 is 58.7 Å². The molecule has 1 aromatic carbocycles. The molecule has 2 saturated heterocycles. The van der Waals surface area contributed by atoms with E-state index in [1.807, 2.05) is 0 Å². The molecule has 4 amide bonds. The van der Waals surface area contributed by atoms with Gasteiger partial charge in [-0.15, -0.1) is 16.9 Å². The number of anilines is 2. The van der Waals surface area contributed by atoms with E-state index in [-0.39, 0.29) is 30.5 Å². The molecule has 3 heterocycles. The molecule has 1 aromatic heterocycles. The second kappa shape index (κ2) is 9.71. The molecular weight excluding hydrogens is 498 g/mol. The van der Waals surface area contributed by atoms with Gasteiger partial charge in [0.25, 0.3) is 0 Å². The molecule has 6 N–H and O–H groups in total. The average Bonchev–Trinajstić information content (AvgIpc) is 3.25. The number of hydrogen-bond acceptors (Lipinski definition) is 10. The number of amides is 4. The molecule has 0 radical (unpaired) electrons. The summed E-state index contributed by atoms with van der Waals surface area (Å²) in [5, 5.41) is 23.7. The Morgan fingerprint density at radius 1 is 1.34 bits per heavy atom. The first-order valence-electron chi connectivity index (χ1n) is 10.4. The Morgan fingerprint density at radius 2 is 2.06 bits per heavy atom. The van der Waals surface area contributed by atoms with Crippen molar-refractivity contribution in [3.8, 4) is 0 Å². The van der Waals surface area contributed by atoms with Gasteiger partial charge in [-0.3, -0.25) is 19.3 Å². The number of primary amides is 1. The zero-order chi connectivity index (χ0) is 25.3. The molecule has 0 aliphatic carbocycles. The molecule has 0 spiro atoms. The van der Waals surface area contributed by atoms with Crippen LogP contribution in [0.25, 0.3) is 0 Å². The van der Waals surface area contributed by atoms with Crippen molar-refractivity contribution in [1.29, 1.82) is 0 Å². The van der Waals surface area contributed by atoms with Crippen LogP contribution in [0.4, 0.5) is 16.2 Å². The van der Waals surface area contributed by atoms with Crippen LogP contribution < -0.4 is 21.7 Å². The van der Waals surface area contributed by atoms with Crippen molar-refractivity contribution in [2.45, 2.75) is 16.6 Å². The smallest absolute Gasteiger partial charge is 0.316 e. The number of aryl methyl sites for hydroxylation is 1. The van der Waals surface area contributed by atoms with Gasteiger partial charge >= 0.3 is 12.0 Å². The molecule has 4 rings (SSSR count). The largest absolute Gasteiger partial charge is 0.481 e. The van der Waals surface area contributed by atoms with Gasteiger partial charge in [0.15, 0.2) is 0 Å². The van der Waals surface area contributed by atoms with Crippen molar-refractivity contribution in [3.63, 3.8) is 0 Å². The fourth-order valence-corrected chi connectivity index (χ4v) is 6.69. The van der Waals surface area contributed by atoms with E-state index in [1.54, 1.807) is 31.3 Å². The predicted molar refractivity (Wildman–Crippen MR) is 128 cm³/mol. The molecule has 2 unspecified atom stereocenters. The van der Waals surface area contributed by atoms with E-state index < -0.39 is 34.7 Å². The number of tetrazole rings is 1. The van der Waals surface area contributed by atoms with Crippen LogP contribution in [0.15, 0.2) is 29.4 Å². The van der Waals surface area contributed by atoms with Crippen LogP contribution in [0.1, 0.15) is 0 Å². The fourth-order valence-electron chi connectivity index (χ4n) is 3.94. The summed E-state index contributed by atoms with van der Waals surface area (Å²) < 4.78 is 1.45. The number of urea groups is 1. The minimum Gasteiger partial charge on any atom is -0.481 e. The van der Waals surface area contributed by atoms with Gasteiger partial charge in [0.1, 0.15) is 16.8 Å². The van der Waals surface area contributed by atoms with Crippen molar-refractivity contribution in [1.82, 2.24) is 25.1 Å². The highest BCUT2D eigenvalue weighted by molar-refractivity contribution is 8.00. The number of β-lactam (4-membered cyclic amide) rings is 1. The zero-order valence-electron chi connectivity index (χ0n) is 18.5. The average molecular weight is 522 g/mol. The van der Waals surface area contributed by atoms with E-state index >= 15 is 0 Å². The number of carbonyl (C=O) groups excluding carboxylic acids is 3. The molecule has 0 bridgehead atoms. The van der Waals surface area contributed by atoms with Crippen LogP contribution in [0.5, 0.6) is 0 Å². The maximum atomic E-state index is 13.2. The van der Waals surface area contributed by atoms with Crippen LogP contribution in [0.2, 0.25) is 0 Å². The van der Waals surface area contributed by atoms with Crippen LogP contribution in [0, 0.1) is 5.41 Å². The van der Waals surface area contributed by atoms with Crippen molar-refractivity contribution < 1.29 is 24.3 Å². The van der Waals surface area contributed by atoms with E-state index in [0.717, 1.165) is 0 Å². The molecule has 16 heteroatoms. The summed E-state index contributed by atoms with van der Waals surface area (Å²) in [5.74, 6) is -1.43. The summed E-state index contributed by atoms with van der Waals surface area (Å²) in [6.45, 7) is -0.316. The molecule has 3 atom stereocenters. The molecule has 186 valence electrons. The fraction of sp³-hybridized carbons (Fsp3) is 0.421. The molecule has 14 nitrogen and oxygen atoms in total. The number of aromatic nitrogens is 4. The molecule has 2 aliphatic heterocycles. The number of rotatable bonds is 8. The number of carboxylic acids is 1. The third-order valence-electron chi connectivity index (χ3n) is 5.76.